The Morgan fingerprint density at radius 1 is 1.17 bits per heavy atom. The minimum Gasteiger partial charge on any atom is -0.289 e. The average Bonchev–Trinajstić information content (AvgIpc) is 2.38. The van der Waals surface area contributed by atoms with Crippen LogP contribution in [0.25, 0.3) is 0 Å². The maximum Gasteiger partial charge on any atom is 0.263 e. The van der Waals surface area contributed by atoms with Crippen LogP contribution in [-0.2, 0) is 0 Å². The van der Waals surface area contributed by atoms with Crippen molar-refractivity contribution in [3.05, 3.63) is 63.9 Å². The lowest BCUT2D eigenvalue weighted by Gasteiger charge is -2.06. The van der Waals surface area contributed by atoms with Gasteiger partial charge < -0.3 is 0 Å². The van der Waals surface area contributed by atoms with Crippen LogP contribution >= 0.6 is 15.9 Å². The van der Waals surface area contributed by atoms with Crippen LogP contribution in [0.3, 0.4) is 0 Å². The molecule has 1 heterocycles. The van der Waals surface area contributed by atoms with E-state index >= 15 is 0 Å². The number of pyridine rings is 1. The topological polar surface area (TPSA) is 30.0 Å². The van der Waals surface area contributed by atoms with E-state index < -0.39 is 6.43 Å². The molecule has 0 aliphatic carbocycles. The molecule has 0 saturated heterocycles. The van der Waals surface area contributed by atoms with Crippen LogP contribution in [0.15, 0.2) is 47.2 Å². The molecule has 0 aliphatic heterocycles. The van der Waals surface area contributed by atoms with E-state index in [1.165, 1.54) is 30.6 Å². The van der Waals surface area contributed by atoms with Crippen LogP contribution < -0.4 is 0 Å². The number of benzene rings is 1. The zero-order valence-electron chi connectivity index (χ0n) is 9.11. The summed E-state index contributed by atoms with van der Waals surface area (Å²) >= 11 is 3.14. The molecule has 0 fully saturated rings. The van der Waals surface area contributed by atoms with E-state index in [1.807, 2.05) is 0 Å². The van der Waals surface area contributed by atoms with Gasteiger partial charge in [0.15, 0.2) is 5.78 Å². The van der Waals surface area contributed by atoms with Crippen LogP contribution in [0.4, 0.5) is 8.78 Å². The SMILES string of the molecule is O=C(c1ccncc1)c1ccc(C(F)F)cc1Br. The fourth-order valence-corrected chi connectivity index (χ4v) is 2.09. The third kappa shape index (κ3) is 2.61. The molecule has 2 aromatic rings. The standard InChI is InChI=1S/C13H8BrF2NO/c14-11-7-9(13(15)16)1-2-10(11)12(18)8-3-5-17-6-4-8/h1-7,13H. The second-order valence-corrected chi connectivity index (χ2v) is 4.46. The van der Waals surface area contributed by atoms with E-state index in [2.05, 4.69) is 20.9 Å². The molecular weight excluding hydrogens is 304 g/mol. The Kier molecular flexibility index (Phi) is 3.81. The molecule has 0 radical (unpaired) electrons. The third-order valence-electron chi connectivity index (χ3n) is 2.43. The van der Waals surface area contributed by atoms with Crippen molar-refractivity contribution in [2.24, 2.45) is 0 Å². The van der Waals surface area contributed by atoms with Gasteiger partial charge in [0.05, 0.1) is 0 Å². The zero-order chi connectivity index (χ0) is 13.1. The van der Waals surface area contributed by atoms with E-state index in [4.69, 9.17) is 0 Å². The van der Waals surface area contributed by atoms with Crippen molar-refractivity contribution in [3.8, 4) is 0 Å². The Bertz CT molecular complexity index is 572. The molecular formula is C13H8BrF2NO. The summed E-state index contributed by atoms with van der Waals surface area (Å²) in [5.74, 6) is -0.231. The lowest BCUT2D eigenvalue weighted by atomic mass is 10.0. The summed E-state index contributed by atoms with van der Waals surface area (Å²) in [5, 5.41) is 0. The first-order chi connectivity index (χ1) is 8.59. The molecule has 5 heteroatoms. The molecule has 2 nitrogen and oxygen atoms in total. The van der Waals surface area contributed by atoms with Gasteiger partial charge in [0.25, 0.3) is 6.43 Å². The van der Waals surface area contributed by atoms with Crippen molar-refractivity contribution in [1.29, 1.82) is 0 Å². The largest absolute Gasteiger partial charge is 0.289 e. The fraction of sp³-hybridized carbons (Fsp3) is 0.0769. The van der Waals surface area contributed by atoms with Gasteiger partial charge in [-0.15, -0.1) is 0 Å². The Morgan fingerprint density at radius 3 is 2.39 bits per heavy atom. The van der Waals surface area contributed by atoms with Gasteiger partial charge in [-0.25, -0.2) is 8.78 Å². The van der Waals surface area contributed by atoms with Crippen LogP contribution in [0.1, 0.15) is 27.9 Å². The number of rotatable bonds is 3. The van der Waals surface area contributed by atoms with Gasteiger partial charge in [0.1, 0.15) is 0 Å². The fourth-order valence-electron chi connectivity index (χ4n) is 1.51. The summed E-state index contributed by atoms with van der Waals surface area (Å²) in [4.78, 5) is 15.9. The quantitative estimate of drug-likeness (QED) is 0.802. The molecule has 0 N–H and O–H groups in total. The molecule has 92 valence electrons. The molecule has 0 saturated carbocycles. The van der Waals surface area contributed by atoms with Crippen molar-refractivity contribution in [2.45, 2.75) is 6.43 Å². The van der Waals surface area contributed by atoms with Crippen molar-refractivity contribution < 1.29 is 13.6 Å². The number of carbonyl (C=O) groups is 1. The third-order valence-corrected chi connectivity index (χ3v) is 3.09. The number of alkyl halides is 2. The molecule has 0 bridgehead atoms. The highest BCUT2D eigenvalue weighted by atomic mass is 79.9. The van der Waals surface area contributed by atoms with Gasteiger partial charge in [-0.1, -0.05) is 22.0 Å². The normalized spacial score (nSPS) is 10.7. The van der Waals surface area contributed by atoms with Crippen LogP contribution in [0, 0.1) is 0 Å². The van der Waals surface area contributed by atoms with Crippen molar-refractivity contribution in [2.75, 3.05) is 0 Å². The zero-order valence-corrected chi connectivity index (χ0v) is 10.7. The van der Waals surface area contributed by atoms with E-state index in [1.54, 1.807) is 12.1 Å². The van der Waals surface area contributed by atoms with E-state index in [0.717, 1.165) is 0 Å². The van der Waals surface area contributed by atoms with Crippen LogP contribution in [0.2, 0.25) is 0 Å². The summed E-state index contributed by atoms with van der Waals surface area (Å²) in [5.41, 5.74) is 0.703. The maximum absolute atomic E-state index is 12.5. The van der Waals surface area contributed by atoms with Gasteiger partial charge >= 0.3 is 0 Å². The number of carbonyl (C=O) groups excluding carboxylic acids is 1. The van der Waals surface area contributed by atoms with Crippen LogP contribution in [-0.4, -0.2) is 10.8 Å². The first-order valence-electron chi connectivity index (χ1n) is 5.12. The van der Waals surface area contributed by atoms with E-state index in [-0.39, 0.29) is 11.3 Å². The highest BCUT2D eigenvalue weighted by Gasteiger charge is 2.15. The first-order valence-corrected chi connectivity index (χ1v) is 5.91. The highest BCUT2D eigenvalue weighted by Crippen LogP contribution is 2.26. The molecule has 0 aliphatic rings. The number of aromatic nitrogens is 1. The number of nitrogens with zero attached hydrogens (tertiary/aromatic N) is 1. The maximum atomic E-state index is 12.5. The summed E-state index contributed by atoms with van der Waals surface area (Å²) in [6.45, 7) is 0. The molecule has 1 aromatic heterocycles. The Hall–Kier alpha value is -1.62. The Balaban J connectivity index is 2.38. The lowest BCUT2D eigenvalue weighted by molar-refractivity contribution is 0.103. The van der Waals surface area contributed by atoms with Crippen molar-refractivity contribution in [3.63, 3.8) is 0 Å². The predicted molar refractivity (Wildman–Crippen MR) is 66.8 cm³/mol. The van der Waals surface area contributed by atoms with E-state index in [0.29, 0.717) is 15.6 Å². The molecule has 2 rings (SSSR count). The number of hydrogen-bond donors (Lipinski definition) is 0. The molecule has 18 heavy (non-hydrogen) atoms. The minimum absolute atomic E-state index is 0.117. The molecule has 0 unspecified atom stereocenters. The van der Waals surface area contributed by atoms with Gasteiger partial charge in [-0.2, -0.15) is 0 Å². The van der Waals surface area contributed by atoms with Gasteiger partial charge in [0.2, 0.25) is 0 Å². The summed E-state index contributed by atoms with van der Waals surface area (Å²) in [7, 11) is 0. The average molecular weight is 312 g/mol. The number of hydrogen-bond acceptors (Lipinski definition) is 2. The second kappa shape index (κ2) is 5.35. The molecule has 0 spiro atoms. The molecule has 0 atom stereocenters. The Morgan fingerprint density at radius 2 is 1.83 bits per heavy atom. The predicted octanol–water partition coefficient (Wildman–Crippen LogP) is 4.01. The number of ketones is 1. The smallest absolute Gasteiger partial charge is 0.263 e. The second-order valence-electron chi connectivity index (χ2n) is 3.60. The minimum atomic E-state index is -2.55. The van der Waals surface area contributed by atoms with E-state index in [9.17, 15) is 13.6 Å². The highest BCUT2D eigenvalue weighted by molar-refractivity contribution is 9.10. The monoisotopic (exact) mass is 311 g/mol. The first kappa shape index (κ1) is 12.8. The lowest BCUT2D eigenvalue weighted by Crippen LogP contribution is -2.03. The van der Waals surface area contributed by atoms with Gasteiger partial charge in [-0.05, 0) is 24.3 Å². The van der Waals surface area contributed by atoms with Gasteiger partial charge in [-0.3, -0.25) is 9.78 Å². The summed E-state index contributed by atoms with van der Waals surface area (Å²) in [6.07, 6.45) is 0.468. The number of halogens is 3. The molecule has 0 amide bonds. The van der Waals surface area contributed by atoms with Crippen molar-refractivity contribution in [1.82, 2.24) is 4.98 Å². The summed E-state index contributed by atoms with van der Waals surface area (Å²) in [6, 6.07) is 7.07. The van der Waals surface area contributed by atoms with Crippen molar-refractivity contribution >= 4 is 21.7 Å². The summed E-state index contributed by atoms with van der Waals surface area (Å²) < 4.78 is 25.3. The Labute approximate surface area is 111 Å². The van der Waals surface area contributed by atoms with Gasteiger partial charge in [0, 0.05) is 33.6 Å². The molecule has 1 aromatic carbocycles. The van der Waals surface area contributed by atoms with Crippen LogP contribution in [0.5, 0.6) is 0 Å².